The largest absolute Gasteiger partial charge is 0.341 e. The van der Waals surface area contributed by atoms with Crippen LogP contribution in [0.3, 0.4) is 0 Å². The van der Waals surface area contributed by atoms with E-state index in [2.05, 4.69) is 46.8 Å². The van der Waals surface area contributed by atoms with Crippen LogP contribution in [0.5, 0.6) is 0 Å². The summed E-state index contributed by atoms with van der Waals surface area (Å²) in [7, 11) is 1.86. The Morgan fingerprint density at radius 2 is 2.15 bits per heavy atom. The molecule has 1 saturated carbocycles. The molecule has 1 aliphatic rings. The molecule has 5 rings (SSSR count). The van der Waals surface area contributed by atoms with Crippen molar-refractivity contribution in [3.63, 3.8) is 0 Å². The zero-order valence-electron chi connectivity index (χ0n) is 18.6. The van der Waals surface area contributed by atoms with Crippen LogP contribution in [0.1, 0.15) is 34.5 Å². The predicted molar refractivity (Wildman–Crippen MR) is 135 cm³/mol. The molecular formula is C22H23BrN8O2S. The Morgan fingerprint density at radius 3 is 2.91 bits per heavy atom. The van der Waals surface area contributed by atoms with E-state index in [0.29, 0.717) is 27.6 Å². The summed E-state index contributed by atoms with van der Waals surface area (Å²) in [6.07, 6.45) is 8.35. The highest BCUT2D eigenvalue weighted by molar-refractivity contribution is 9.10. The molecule has 0 unspecified atom stereocenters. The molecule has 0 saturated heterocycles. The smallest absolute Gasteiger partial charge is 0.267 e. The maximum atomic E-state index is 12.9. The van der Waals surface area contributed by atoms with Crippen LogP contribution >= 0.6 is 27.3 Å². The number of aromatic nitrogens is 5. The van der Waals surface area contributed by atoms with Gasteiger partial charge in [-0.05, 0) is 54.2 Å². The average Bonchev–Trinajstić information content (AvgIpc) is 3.50. The Balaban J connectivity index is 1.25. The van der Waals surface area contributed by atoms with E-state index < -0.39 is 0 Å². The third-order valence-electron chi connectivity index (χ3n) is 6.02. The SMILES string of the molecule is Cc1cn(CC(=O)N(C)C2CCC2)nc1Nc1ncc(C(=O)Nc2c(Br)ccc3[nH]ncc23)s1. The lowest BCUT2D eigenvalue weighted by Gasteiger charge is -2.34. The third kappa shape index (κ3) is 4.42. The van der Waals surface area contributed by atoms with Gasteiger partial charge in [0.05, 0.1) is 23.6 Å². The minimum absolute atomic E-state index is 0.0470. The number of benzene rings is 1. The van der Waals surface area contributed by atoms with Gasteiger partial charge in [0, 0.05) is 34.7 Å². The van der Waals surface area contributed by atoms with Crippen molar-refractivity contribution in [2.24, 2.45) is 0 Å². The zero-order chi connectivity index (χ0) is 23.8. The summed E-state index contributed by atoms with van der Waals surface area (Å²) in [5.41, 5.74) is 2.36. The number of nitrogens with zero attached hydrogens (tertiary/aromatic N) is 5. The minimum atomic E-state index is -0.271. The van der Waals surface area contributed by atoms with Crippen LogP contribution < -0.4 is 10.6 Å². The first-order valence-corrected chi connectivity index (χ1v) is 12.5. The number of hydrogen-bond donors (Lipinski definition) is 3. The zero-order valence-corrected chi connectivity index (χ0v) is 21.0. The van der Waals surface area contributed by atoms with E-state index in [4.69, 9.17) is 0 Å². The van der Waals surface area contributed by atoms with E-state index in [9.17, 15) is 9.59 Å². The van der Waals surface area contributed by atoms with Crippen LogP contribution in [0.15, 0.2) is 35.2 Å². The summed E-state index contributed by atoms with van der Waals surface area (Å²) < 4.78 is 2.40. The molecule has 0 spiro atoms. The number of fused-ring (bicyclic) bond motifs is 1. The van der Waals surface area contributed by atoms with Crippen LogP contribution in [0.25, 0.3) is 10.9 Å². The molecule has 176 valence electrons. The summed E-state index contributed by atoms with van der Waals surface area (Å²) in [4.78, 5) is 32.0. The number of halogens is 1. The fourth-order valence-corrected chi connectivity index (χ4v) is 4.94. The number of amides is 2. The maximum absolute atomic E-state index is 12.9. The molecule has 3 heterocycles. The first-order chi connectivity index (χ1) is 16.4. The van der Waals surface area contributed by atoms with Crippen molar-refractivity contribution < 1.29 is 9.59 Å². The summed E-state index contributed by atoms with van der Waals surface area (Å²) in [6.45, 7) is 2.10. The Labute approximate surface area is 207 Å². The average molecular weight is 543 g/mol. The van der Waals surface area contributed by atoms with E-state index >= 15 is 0 Å². The molecule has 34 heavy (non-hydrogen) atoms. The van der Waals surface area contributed by atoms with Gasteiger partial charge in [-0.25, -0.2) is 4.98 Å². The van der Waals surface area contributed by atoms with Crippen molar-refractivity contribution in [2.75, 3.05) is 17.7 Å². The van der Waals surface area contributed by atoms with Gasteiger partial charge >= 0.3 is 0 Å². The molecule has 0 radical (unpaired) electrons. The Hall–Kier alpha value is -3.25. The number of carbonyl (C=O) groups excluding carboxylic acids is 2. The topological polar surface area (TPSA) is 121 Å². The molecular weight excluding hydrogens is 520 g/mol. The van der Waals surface area contributed by atoms with Gasteiger partial charge < -0.3 is 15.5 Å². The quantitative estimate of drug-likeness (QED) is 0.320. The Bertz CT molecular complexity index is 1370. The van der Waals surface area contributed by atoms with Gasteiger partial charge in [0.25, 0.3) is 5.91 Å². The Morgan fingerprint density at radius 1 is 1.32 bits per heavy atom. The normalized spacial score (nSPS) is 13.6. The maximum Gasteiger partial charge on any atom is 0.267 e. The van der Waals surface area contributed by atoms with Crippen LogP contribution in [0.4, 0.5) is 16.6 Å². The highest BCUT2D eigenvalue weighted by atomic mass is 79.9. The van der Waals surface area contributed by atoms with E-state index in [1.54, 1.807) is 10.9 Å². The molecule has 3 aromatic heterocycles. The summed E-state index contributed by atoms with van der Waals surface area (Å²) >= 11 is 4.71. The molecule has 1 fully saturated rings. The summed E-state index contributed by atoms with van der Waals surface area (Å²) in [5, 5.41) is 18.9. The molecule has 1 aliphatic carbocycles. The number of H-pyrrole nitrogens is 1. The van der Waals surface area contributed by atoms with Crippen LogP contribution in [-0.4, -0.2) is 54.8 Å². The van der Waals surface area contributed by atoms with Crippen LogP contribution in [-0.2, 0) is 11.3 Å². The van der Waals surface area contributed by atoms with E-state index in [0.717, 1.165) is 33.8 Å². The van der Waals surface area contributed by atoms with Crippen molar-refractivity contribution in [1.82, 2.24) is 29.9 Å². The molecule has 12 heteroatoms. The van der Waals surface area contributed by atoms with Gasteiger partial charge in [-0.2, -0.15) is 10.2 Å². The third-order valence-corrected chi connectivity index (χ3v) is 7.60. The molecule has 10 nitrogen and oxygen atoms in total. The Kier molecular flexibility index (Phi) is 6.09. The number of carbonyl (C=O) groups is 2. The number of rotatable bonds is 7. The molecule has 2 amide bonds. The number of anilines is 3. The fourth-order valence-electron chi connectivity index (χ4n) is 3.78. The van der Waals surface area contributed by atoms with Gasteiger partial charge in [0.1, 0.15) is 11.4 Å². The number of hydrogen-bond acceptors (Lipinski definition) is 7. The number of likely N-dealkylation sites (N-methyl/N-ethyl adjacent to an activating group) is 1. The lowest BCUT2D eigenvalue weighted by molar-refractivity contribution is -0.134. The first kappa shape index (κ1) is 22.5. The summed E-state index contributed by atoms with van der Waals surface area (Å²) in [5.74, 6) is 0.379. The van der Waals surface area contributed by atoms with Crippen molar-refractivity contribution in [3.05, 3.63) is 45.6 Å². The molecule has 0 atom stereocenters. The predicted octanol–water partition coefficient (Wildman–Crippen LogP) is 4.29. The van der Waals surface area contributed by atoms with E-state index in [1.807, 2.05) is 37.2 Å². The van der Waals surface area contributed by atoms with Crippen molar-refractivity contribution in [3.8, 4) is 0 Å². The first-order valence-electron chi connectivity index (χ1n) is 10.8. The minimum Gasteiger partial charge on any atom is -0.341 e. The second-order valence-corrected chi connectivity index (χ2v) is 10.2. The highest BCUT2D eigenvalue weighted by Crippen LogP contribution is 2.32. The van der Waals surface area contributed by atoms with Crippen LogP contribution in [0.2, 0.25) is 0 Å². The number of aromatic amines is 1. The number of nitrogens with one attached hydrogen (secondary N) is 3. The summed E-state index contributed by atoms with van der Waals surface area (Å²) in [6, 6.07) is 4.09. The second kappa shape index (κ2) is 9.18. The molecule has 1 aromatic carbocycles. The van der Waals surface area contributed by atoms with Crippen molar-refractivity contribution in [1.29, 1.82) is 0 Å². The van der Waals surface area contributed by atoms with Gasteiger partial charge in [-0.3, -0.25) is 19.4 Å². The van der Waals surface area contributed by atoms with Gasteiger partial charge in [0.15, 0.2) is 10.9 Å². The second-order valence-electron chi connectivity index (χ2n) is 8.31. The van der Waals surface area contributed by atoms with Gasteiger partial charge in [-0.1, -0.05) is 11.3 Å². The van der Waals surface area contributed by atoms with Crippen molar-refractivity contribution >= 4 is 66.6 Å². The molecule has 4 aromatic rings. The highest BCUT2D eigenvalue weighted by Gasteiger charge is 2.26. The lowest BCUT2D eigenvalue weighted by atomic mass is 9.92. The van der Waals surface area contributed by atoms with Crippen LogP contribution in [0, 0.1) is 6.92 Å². The molecule has 3 N–H and O–H groups in total. The number of thiazole rings is 1. The van der Waals surface area contributed by atoms with Crippen molar-refractivity contribution in [2.45, 2.75) is 38.8 Å². The van der Waals surface area contributed by atoms with Gasteiger partial charge in [-0.15, -0.1) is 0 Å². The molecule has 0 bridgehead atoms. The monoisotopic (exact) mass is 542 g/mol. The van der Waals surface area contributed by atoms with E-state index in [1.165, 1.54) is 24.0 Å². The van der Waals surface area contributed by atoms with E-state index in [-0.39, 0.29) is 18.4 Å². The fraction of sp³-hybridized carbons (Fsp3) is 0.318. The van der Waals surface area contributed by atoms with Gasteiger partial charge in [0.2, 0.25) is 5.91 Å². The standard InChI is InChI=1S/C22H23BrN8O2S/c1-12-10-31(11-18(32)30(2)13-4-3-5-13)29-20(12)27-22-24-9-17(34-22)21(33)26-19-14-8-25-28-16(14)7-6-15(19)23/h6-10,13H,3-5,11H2,1-2H3,(H,25,28)(H,26,33)(H,24,27,29). The molecule has 0 aliphatic heterocycles. The number of aryl methyl sites for hydroxylation is 1. The lowest BCUT2D eigenvalue weighted by Crippen LogP contribution is -2.42.